The van der Waals surface area contributed by atoms with Crippen LogP contribution in [-0.2, 0) is 19.2 Å². The molecule has 2 aromatic carbocycles. The highest BCUT2D eigenvalue weighted by atomic mass is 35.5. The number of aliphatic hydroxyl groups is 1. The van der Waals surface area contributed by atoms with Gasteiger partial charge in [-0.2, -0.15) is 0 Å². The number of anilines is 1. The average molecular weight is 595 g/mol. The highest BCUT2D eigenvalue weighted by Gasteiger charge is 2.75. The molecule has 10 heteroatoms. The molecule has 0 unspecified atom stereocenters. The maximum Gasteiger partial charge on any atom is 0.253 e. The van der Waals surface area contributed by atoms with Crippen LogP contribution < -0.4 is 9.64 Å². The van der Waals surface area contributed by atoms with Crippen LogP contribution in [0.4, 0.5) is 5.69 Å². The zero-order valence-electron chi connectivity index (χ0n) is 22.3. The topological polar surface area (TPSA) is 104 Å². The molecule has 2 aliphatic heterocycles. The van der Waals surface area contributed by atoms with Crippen molar-refractivity contribution in [3.63, 3.8) is 0 Å². The van der Waals surface area contributed by atoms with E-state index >= 15 is 0 Å². The van der Waals surface area contributed by atoms with Gasteiger partial charge in [0.05, 0.1) is 24.1 Å². The molecule has 4 aliphatic rings. The summed E-state index contributed by atoms with van der Waals surface area (Å²) in [6.45, 7) is 3.72. The number of allylic oxidation sites excluding steroid dienone is 2. The summed E-state index contributed by atoms with van der Waals surface area (Å²) in [7, 11) is 1.36. The number of carbonyl (C=O) groups is 4. The van der Waals surface area contributed by atoms with Crippen molar-refractivity contribution < 1.29 is 29.0 Å². The van der Waals surface area contributed by atoms with Crippen LogP contribution in [0.5, 0.6) is 5.75 Å². The molecule has 2 saturated heterocycles. The van der Waals surface area contributed by atoms with E-state index in [2.05, 4.69) is 6.58 Å². The Balaban J connectivity index is 1.45. The highest BCUT2D eigenvalue weighted by Crippen LogP contribution is 2.65. The minimum absolute atomic E-state index is 0.0591. The number of benzene rings is 2. The Hall–Kier alpha value is -3.46. The first-order chi connectivity index (χ1) is 19.6. The van der Waals surface area contributed by atoms with Gasteiger partial charge in [0, 0.05) is 13.0 Å². The largest absolute Gasteiger partial charge is 0.491 e. The van der Waals surface area contributed by atoms with Gasteiger partial charge in [-0.15, -0.1) is 23.2 Å². The molecule has 6 rings (SSSR count). The minimum Gasteiger partial charge on any atom is -0.491 e. The number of hydrogen-bond acceptors (Lipinski definition) is 6. The number of carbonyl (C=O) groups excluding carboxylic acids is 4. The first-order valence-electron chi connectivity index (χ1n) is 13.4. The van der Waals surface area contributed by atoms with Crippen molar-refractivity contribution >= 4 is 58.6 Å². The Morgan fingerprint density at radius 3 is 2.32 bits per heavy atom. The molecule has 3 fully saturated rings. The van der Waals surface area contributed by atoms with Gasteiger partial charge in [-0.05, 0) is 54.2 Å². The Morgan fingerprint density at radius 1 is 1.00 bits per heavy atom. The summed E-state index contributed by atoms with van der Waals surface area (Å²) in [5.41, 5.74) is 2.67. The average Bonchev–Trinajstić information content (AvgIpc) is 3.31. The minimum atomic E-state index is -1.84. The van der Waals surface area contributed by atoms with Crippen molar-refractivity contribution in [2.75, 3.05) is 25.2 Å². The van der Waals surface area contributed by atoms with Gasteiger partial charge in [-0.25, -0.2) is 0 Å². The van der Waals surface area contributed by atoms with E-state index in [0.29, 0.717) is 17.0 Å². The molecule has 8 nitrogen and oxygen atoms in total. The summed E-state index contributed by atoms with van der Waals surface area (Å²) in [5.74, 6) is -4.20. The lowest BCUT2D eigenvalue weighted by Gasteiger charge is -2.50. The van der Waals surface area contributed by atoms with Crippen LogP contribution in [-0.4, -0.2) is 63.6 Å². The fraction of sp³-hybridized carbons (Fsp3) is 0.355. The Morgan fingerprint density at radius 2 is 1.68 bits per heavy atom. The molecule has 4 amide bonds. The van der Waals surface area contributed by atoms with Crippen LogP contribution in [0.15, 0.2) is 66.8 Å². The molecule has 0 spiro atoms. The molecule has 0 radical (unpaired) electrons. The van der Waals surface area contributed by atoms with Crippen LogP contribution in [0.25, 0.3) is 6.08 Å². The third-order valence-electron chi connectivity index (χ3n) is 8.97. The number of aliphatic hydroxyl groups excluding tert-OH is 1. The van der Waals surface area contributed by atoms with E-state index in [1.165, 1.54) is 11.9 Å². The molecule has 0 aromatic heterocycles. The van der Waals surface area contributed by atoms with Gasteiger partial charge >= 0.3 is 0 Å². The lowest BCUT2D eigenvalue weighted by Crippen LogP contribution is -2.60. The van der Waals surface area contributed by atoms with Gasteiger partial charge in [-0.1, -0.05) is 48.6 Å². The number of halogens is 2. The van der Waals surface area contributed by atoms with Crippen LogP contribution in [0.3, 0.4) is 0 Å². The molecule has 0 bridgehead atoms. The lowest BCUT2D eigenvalue weighted by molar-refractivity contribution is -0.138. The van der Waals surface area contributed by atoms with Crippen molar-refractivity contribution in [1.29, 1.82) is 0 Å². The predicted octanol–water partition coefficient (Wildman–Crippen LogP) is 3.89. The van der Waals surface area contributed by atoms with E-state index in [4.69, 9.17) is 33.0 Å². The van der Waals surface area contributed by atoms with Gasteiger partial charge in [0.2, 0.25) is 11.8 Å². The number of likely N-dealkylation sites (tertiary alicyclic amines) is 1. The molecule has 1 N–H and O–H groups in total. The number of amides is 4. The SMILES string of the molecule is C=Cc1ccc(N2C(=O)[C@H]3[C@H](CC=C4[C@H]3C[C@@]3(Cl)C(=O)N(C)C(=O)[C@@]3(Cl)[C@H]4c3ccc(OCCO)cc3)C2=O)cc1. The summed E-state index contributed by atoms with van der Waals surface area (Å²) < 4.78 is 5.50. The van der Waals surface area contributed by atoms with E-state index in [1.54, 1.807) is 54.6 Å². The monoisotopic (exact) mass is 594 g/mol. The molecule has 2 aliphatic carbocycles. The highest BCUT2D eigenvalue weighted by molar-refractivity contribution is 6.53. The summed E-state index contributed by atoms with van der Waals surface area (Å²) in [5, 5.41) is 9.09. The van der Waals surface area contributed by atoms with Gasteiger partial charge < -0.3 is 9.84 Å². The number of hydrogen-bond donors (Lipinski definition) is 1. The Bertz CT molecular complexity index is 1510. The zero-order chi connectivity index (χ0) is 29.3. The van der Waals surface area contributed by atoms with Gasteiger partial charge in [0.15, 0.2) is 9.75 Å². The fourth-order valence-corrected chi connectivity index (χ4v) is 8.07. The normalized spacial score (nSPS) is 32.4. The molecule has 212 valence electrons. The standard InChI is InChI=1S/C31H28Cl2N2O6/c1-3-17-4-8-19(9-5-17)35-26(37)22-13-12-21-23(24(22)27(35)38)16-30(32)28(39)34(2)29(40)31(30,33)25(21)18-6-10-20(11-7-18)41-15-14-36/h3-12,22-25,36H,1,13-16H2,2H3/t22-,23+,24-,25-,30+,31-/m0/s1. The second kappa shape index (κ2) is 9.82. The molecule has 6 atom stereocenters. The smallest absolute Gasteiger partial charge is 0.253 e. The first kappa shape index (κ1) is 27.7. The van der Waals surface area contributed by atoms with Crippen molar-refractivity contribution in [2.24, 2.45) is 17.8 Å². The number of ether oxygens (including phenoxy) is 1. The van der Waals surface area contributed by atoms with E-state index in [9.17, 15) is 19.2 Å². The zero-order valence-corrected chi connectivity index (χ0v) is 23.8. The van der Waals surface area contributed by atoms with E-state index in [-0.39, 0.29) is 37.9 Å². The summed E-state index contributed by atoms with van der Waals surface area (Å²) >= 11 is 14.4. The summed E-state index contributed by atoms with van der Waals surface area (Å²) in [6.07, 6.45) is 3.81. The first-order valence-corrected chi connectivity index (χ1v) is 14.2. The third-order valence-corrected chi connectivity index (χ3v) is 10.4. The second-order valence-corrected chi connectivity index (χ2v) is 12.2. The van der Waals surface area contributed by atoms with Gasteiger partial charge in [0.1, 0.15) is 12.4 Å². The lowest BCUT2D eigenvalue weighted by atomic mass is 9.56. The number of fused-ring (bicyclic) bond motifs is 4. The third kappa shape index (κ3) is 3.77. The predicted molar refractivity (Wildman–Crippen MR) is 154 cm³/mol. The van der Waals surface area contributed by atoms with Crippen molar-refractivity contribution in [3.05, 3.63) is 77.9 Å². The van der Waals surface area contributed by atoms with Gasteiger partial charge in [-0.3, -0.25) is 29.0 Å². The van der Waals surface area contributed by atoms with Crippen LogP contribution in [0.2, 0.25) is 0 Å². The molecule has 1 saturated carbocycles. The molecular formula is C31H28Cl2N2O6. The van der Waals surface area contributed by atoms with Crippen LogP contribution in [0, 0.1) is 17.8 Å². The van der Waals surface area contributed by atoms with Gasteiger partial charge in [0.25, 0.3) is 11.8 Å². The molecular weight excluding hydrogens is 567 g/mol. The van der Waals surface area contributed by atoms with Crippen LogP contribution >= 0.6 is 23.2 Å². The number of rotatable bonds is 6. The number of nitrogens with zero attached hydrogens (tertiary/aromatic N) is 2. The maximum atomic E-state index is 14.0. The van der Waals surface area contributed by atoms with Crippen molar-refractivity contribution in [2.45, 2.75) is 28.5 Å². The number of imide groups is 2. The Labute approximate surface area is 247 Å². The van der Waals surface area contributed by atoms with E-state index in [1.807, 2.05) is 6.08 Å². The van der Waals surface area contributed by atoms with E-state index in [0.717, 1.165) is 16.0 Å². The fourth-order valence-electron chi connectivity index (χ4n) is 7.05. The van der Waals surface area contributed by atoms with Crippen molar-refractivity contribution in [1.82, 2.24) is 4.90 Å². The van der Waals surface area contributed by atoms with E-state index < -0.39 is 45.2 Å². The molecule has 2 heterocycles. The number of alkyl halides is 2. The Kier molecular flexibility index (Phi) is 6.64. The molecule has 2 aromatic rings. The van der Waals surface area contributed by atoms with Crippen LogP contribution in [0.1, 0.15) is 29.9 Å². The van der Waals surface area contributed by atoms with Crippen molar-refractivity contribution in [3.8, 4) is 5.75 Å². The second-order valence-electron chi connectivity index (χ2n) is 10.9. The summed E-state index contributed by atoms with van der Waals surface area (Å²) in [6, 6.07) is 13.9. The maximum absolute atomic E-state index is 14.0. The quantitative estimate of drug-likeness (QED) is 0.309. The molecule has 41 heavy (non-hydrogen) atoms. The summed E-state index contributed by atoms with van der Waals surface area (Å²) in [4.78, 5) is 53.4.